The Kier molecular flexibility index (Phi) is 4.26. The molecule has 0 bridgehead atoms. The predicted octanol–water partition coefficient (Wildman–Crippen LogP) is 4.49. The van der Waals surface area contributed by atoms with E-state index in [-0.39, 0.29) is 17.9 Å². The summed E-state index contributed by atoms with van der Waals surface area (Å²) in [6.07, 6.45) is 1.53. The van der Waals surface area contributed by atoms with Crippen LogP contribution in [0.2, 0.25) is 0 Å². The average molecular weight is 385 g/mol. The van der Waals surface area contributed by atoms with Gasteiger partial charge in [-0.2, -0.15) is 0 Å². The molecule has 4 heterocycles. The van der Waals surface area contributed by atoms with Gasteiger partial charge in [0.1, 0.15) is 11.8 Å². The summed E-state index contributed by atoms with van der Waals surface area (Å²) in [6, 6.07) is 8.30. The third-order valence-corrected chi connectivity index (χ3v) is 6.29. The van der Waals surface area contributed by atoms with Crippen molar-refractivity contribution >= 4 is 34.4 Å². The lowest BCUT2D eigenvalue weighted by Gasteiger charge is -2.25. The van der Waals surface area contributed by atoms with E-state index in [1.807, 2.05) is 18.4 Å². The Labute approximate surface area is 157 Å². The van der Waals surface area contributed by atoms with Gasteiger partial charge in [0.2, 0.25) is 5.78 Å². The first-order valence-corrected chi connectivity index (χ1v) is 9.72. The summed E-state index contributed by atoms with van der Waals surface area (Å²) in [4.78, 5) is 28.7. The second-order valence-electron chi connectivity index (χ2n) is 5.95. The van der Waals surface area contributed by atoms with Crippen LogP contribution < -0.4 is 0 Å². The number of rotatable bonds is 5. The molecule has 0 aromatic carbocycles. The first-order chi connectivity index (χ1) is 12.6. The zero-order valence-corrected chi connectivity index (χ0v) is 15.5. The number of nitrogens with zero attached hydrogens (tertiary/aromatic N) is 1. The zero-order valence-electron chi connectivity index (χ0n) is 13.8. The number of aliphatic hydroxyl groups is 1. The van der Waals surface area contributed by atoms with Gasteiger partial charge < -0.3 is 14.4 Å². The first kappa shape index (κ1) is 16.8. The number of amides is 1. The minimum Gasteiger partial charge on any atom is -0.503 e. The molecule has 26 heavy (non-hydrogen) atoms. The van der Waals surface area contributed by atoms with Crippen LogP contribution in [-0.4, -0.2) is 21.7 Å². The number of furan rings is 1. The Hall–Kier alpha value is -2.64. The van der Waals surface area contributed by atoms with Gasteiger partial charge in [0.25, 0.3) is 5.91 Å². The quantitative estimate of drug-likeness (QED) is 0.657. The summed E-state index contributed by atoms with van der Waals surface area (Å²) in [7, 11) is 0. The Morgan fingerprint density at radius 2 is 2.08 bits per heavy atom. The lowest BCUT2D eigenvalue weighted by Crippen LogP contribution is -2.30. The van der Waals surface area contributed by atoms with Crippen LogP contribution in [0.4, 0.5) is 0 Å². The van der Waals surface area contributed by atoms with E-state index in [0.29, 0.717) is 10.6 Å². The van der Waals surface area contributed by atoms with E-state index >= 15 is 0 Å². The summed E-state index contributed by atoms with van der Waals surface area (Å²) in [5, 5.41) is 14.3. The first-order valence-electron chi connectivity index (χ1n) is 7.96. The monoisotopic (exact) mass is 385 g/mol. The van der Waals surface area contributed by atoms with Crippen LogP contribution in [0.25, 0.3) is 0 Å². The molecule has 3 aromatic heterocycles. The molecule has 3 aromatic rings. The van der Waals surface area contributed by atoms with E-state index in [4.69, 9.17) is 4.42 Å². The minimum absolute atomic E-state index is 0.134. The fourth-order valence-electron chi connectivity index (χ4n) is 3.10. The molecule has 5 nitrogen and oxygen atoms in total. The molecule has 1 aliphatic rings. The molecule has 4 rings (SSSR count). The van der Waals surface area contributed by atoms with Gasteiger partial charge in [-0.1, -0.05) is 6.07 Å². The van der Waals surface area contributed by atoms with Crippen LogP contribution >= 0.6 is 22.7 Å². The topological polar surface area (TPSA) is 70.8 Å². The highest BCUT2D eigenvalue weighted by molar-refractivity contribution is 7.12. The molecule has 1 aliphatic heterocycles. The molecule has 132 valence electrons. The van der Waals surface area contributed by atoms with Crippen LogP contribution in [0.3, 0.4) is 0 Å². The maximum Gasteiger partial charge on any atom is 0.290 e. The van der Waals surface area contributed by atoms with Crippen LogP contribution in [-0.2, 0) is 11.3 Å². The van der Waals surface area contributed by atoms with Crippen LogP contribution in [0.15, 0.2) is 63.1 Å². The van der Waals surface area contributed by atoms with Gasteiger partial charge in [0.15, 0.2) is 5.76 Å². The fourth-order valence-corrected chi connectivity index (χ4v) is 4.82. The molecule has 0 spiro atoms. The third kappa shape index (κ3) is 2.69. The largest absolute Gasteiger partial charge is 0.503 e. The molecule has 0 aliphatic carbocycles. The predicted molar refractivity (Wildman–Crippen MR) is 99.4 cm³/mol. The SMILES string of the molecule is Cc1ccsc1C1C(C(=O)c2cccs2)=C(O)C(=O)N1Cc1ccco1. The molecular weight excluding hydrogens is 370 g/mol. The van der Waals surface area contributed by atoms with Gasteiger partial charge in [-0.3, -0.25) is 9.59 Å². The van der Waals surface area contributed by atoms with E-state index in [0.717, 1.165) is 10.4 Å². The van der Waals surface area contributed by atoms with E-state index in [2.05, 4.69) is 0 Å². The minimum atomic E-state index is -0.623. The summed E-state index contributed by atoms with van der Waals surface area (Å²) < 4.78 is 5.37. The Morgan fingerprint density at radius 1 is 1.23 bits per heavy atom. The van der Waals surface area contributed by atoms with Crippen molar-refractivity contribution in [1.29, 1.82) is 0 Å². The number of hydrogen-bond donors (Lipinski definition) is 1. The molecule has 0 fully saturated rings. The Bertz CT molecular complexity index is 983. The summed E-state index contributed by atoms with van der Waals surface area (Å²) >= 11 is 2.76. The number of ketones is 1. The van der Waals surface area contributed by atoms with Crippen molar-refractivity contribution in [3.05, 3.63) is 79.8 Å². The summed E-state index contributed by atoms with van der Waals surface area (Å²) in [5.41, 5.74) is 1.11. The maximum absolute atomic E-state index is 13.0. The van der Waals surface area contributed by atoms with Crippen molar-refractivity contribution in [1.82, 2.24) is 4.90 Å². The molecule has 0 radical (unpaired) electrons. The van der Waals surface area contributed by atoms with Crippen molar-refractivity contribution in [2.45, 2.75) is 19.5 Å². The zero-order chi connectivity index (χ0) is 18.3. The number of hydrogen-bond acceptors (Lipinski definition) is 6. The molecule has 1 unspecified atom stereocenters. The molecule has 7 heteroatoms. The van der Waals surface area contributed by atoms with Gasteiger partial charge in [0, 0.05) is 4.88 Å². The van der Waals surface area contributed by atoms with Gasteiger partial charge in [-0.15, -0.1) is 22.7 Å². The second-order valence-corrected chi connectivity index (χ2v) is 7.85. The average Bonchev–Trinajstić information content (AvgIpc) is 3.40. The van der Waals surface area contributed by atoms with Crippen molar-refractivity contribution in [2.75, 3.05) is 0 Å². The van der Waals surface area contributed by atoms with Gasteiger partial charge in [0.05, 0.1) is 23.3 Å². The standard InChI is InChI=1S/C19H15NO4S2/c1-11-6-9-26-18(11)15-14(16(21)13-5-3-8-25-13)17(22)19(23)20(15)10-12-4-2-7-24-12/h2-9,15,22H,10H2,1H3. The lowest BCUT2D eigenvalue weighted by molar-refractivity contribution is -0.130. The number of aryl methyl sites for hydroxylation is 1. The second kappa shape index (κ2) is 6.59. The molecule has 1 atom stereocenters. The normalized spacial score (nSPS) is 17.3. The number of thiophene rings is 2. The van der Waals surface area contributed by atoms with E-state index in [1.165, 1.54) is 33.8 Å². The Morgan fingerprint density at radius 3 is 2.69 bits per heavy atom. The highest BCUT2D eigenvalue weighted by Gasteiger charge is 2.45. The van der Waals surface area contributed by atoms with Crippen molar-refractivity contribution in [2.24, 2.45) is 0 Å². The molecule has 1 amide bonds. The Balaban J connectivity index is 1.81. The van der Waals surface area contributed by atoms with Gasteiger partial charge in [-0.05, 0) is 47.5 Å². The van der Waals surface area contributed by atoms with Crippen LogP contribution in [0.1, 0.15) is 31.9 Å². The summed E-state index contributed by atoms with van der Waals surface area (Å²) in [5.74, 6) is -0.757. The fraction of sp³-hybridized carbons (Fsp3) is 0.158. The van der Waals surface area contributed by atoms with Crippen LogP contribution in [0.5, 0.6) is 0 Å². The van der Waals surface area contributed by atoms with Crippen molar-refractivity contribution < 1.29 is 19.1 Å². The molecule has 0 saturated heterocycles. The number of Topliss-reactive ketones (excluding diaryl/α,β-unsaturated/α-hetero) is 1. The van der Waals surface area contributed by atoms with E-state index in [9.17, 15) is 14.7 Å². The van der Waals surface area contributed by atoms with E-state index < -0.39 is 17.7 Å². The number of carbonyl (C=O) groups is 2. The number of aliphatic hydroxyl groups excluding tert-OH is 1. The lowest BCUT2D eigenvalue weighted by atomic mass is 9.99. The highest BCUT2D eigenvalue weighted by Crippen LogP contribution is 2.43. The summed E-state index contributed by atoms with van der Waals surface area (Å²) in [6.45, 7) is 2.11. The third-order valence-electron chi connectivity index (χ3n) is 4.35. The maximum atomic E-state index is 13.0. The van der Waals surface area contributed by atoms with Crippen LogP contribution in [0, 0.1) is 6.92 Å². The van der Waals surface area contributed by atoms with Gasteiger partial charge >= 0.3 is 0 Å². The van der Waals surface area contributed by atoms with Crippen molar-refractivity contribution in [3.8, 4) is 0 Å². The highest BCUT2D eigenvalue weighted by atomic mass is 32.1. The molecule has 1 N–H and O–H groups in total. The molecule has 0 saturated carbocycles. The smallest absolute Gasteiger partial charge is 0.290 e. The molecular formula is C19H15NO4S2. The van der Waals surface area contributed by atoms with Crippen molar-refractivity contribution in [3.63, 3.8) is 0 Å². The van der Waals surface area contributed by atoms with E-state index in [1.54, 1.807) is 29.6 Å². The van der Waals surface area contributed by atoms with Gasteiger partial charge in [-0.25, -0.2) is 0 Å². The number of carbonyl (C=O) groups excluding carboxylic acids is 2.